The van der Waals surface area contributed by atoms with Crippen LogP contribution in [-0.2, 0) is 0 Å². The molecule has 0 aromatic carbocycles. The lowest BCUT2D eigenvalue weighted by atomic mass is 9.85. The van der Waals surface area contributed by atoms with Crippen LogP contribution in [0.5, 0.6) is 0 Å². The van der Waals surface area contributed by atoms with Gasteiger partial charge in [-0.3, -0.25) is 9.80 Å². The molecule has 0 aromatic heterocycles. The lowest BCUT2D eigenvalue weighted by Gasteiger charge is -2.54. The number of hydrogen-bond donors (Lipinski definition) is 1. The van der Waals surface area contributed by atoms with E-state index in [0.717, 1.165) is 19.1 Å². The maximum Gasteiger partial charge on any atom is 0.0459 e. The average molecular weight is 266 g/mol. The smallest absolute Gasteiger partial charge is 0.0459 e. The molecule has 0 aliphatic carbocycles. The van der Waals surface area contributed by atoms with Crippen LogP contribution in [-0.4, -0.2) is 79.1 Å². The van der Waals surface area contributed by atoms with Crippen molar-refractivity contribution in [2.24, 2.45) is 5.73 Å². The fourth-order valence-corrected chi connectivity index (χ4v) is 4.48. The Morgan fingerprint density at radius 2 is 2.00 bits per heavy atom. The molecule has 2 atom stereocenters. The molecule has 0 aromatic rings. The Balaban J connectivity index is 1.69. The molecule has 110 valence electrons. The van der Waals surface area contributed by atoms with Gasteiger partial charge in [-0.15, -0.1) is 0 Å². The van der Waals surface area contributed by atoms with E-state index < -0.39 is 0 Å². The van der Waals surface area contributed by atoms with Gasteiger partial charge in [-0.05, 0) is 45.8 Å². The predicted molar refractivity (Wildman–Crippen MR) is 79.3 cm³/mol. The van der Waals surface area contributed by atoms with Crippen LogP contribution in [0, 0.1) is 0 Å². The molecule has 2 unspecified atom stereocenters. The van der Waals surface area contributed by atoms with Gasteiger partial charge in [0.05, 0.1) is 0 Å². The number of piperidine rings is 2. The third-order valence-electron chi connectivity index (χ3n) is 5.63. The van der Waals surface area contributed by atoms with Crippen molar-refractivity contribution in [1.82, 2.24) is 14.7 Å². The number of rotatable bonds is 2. The summed E-state index contributed by atoms with van der Waals surface area (Å²) in [5.74, 6) is 0. The van der Waals surface area contributed by atoms with E-state index >= 15 is 0 Å². The first-order valence-corrected chi connectivity index (χ1v) is 8.11. The first-order chi connectivity index (χ1) is 9.23. The van der Waals surface area contributed by atoms with Crippen molar-refractivity contribution in [2.75, 3.05) is 52.9 Å². The molecule has 3 fully saturated rings. The largest absolute Gasteiger partial charge is 0.329 e. The maximum atomic E-state index is 6.22. The molecule has 4 heteroatoms. The Labute approximate surface area is 117 Å². The van der Waals surface area contributed by atoms with Crippen LogP contribution in [0.3, 0.4) is 0 Å². The van der Waals surface area contributed by atoms with Crippen LogP contribution in [0.4, 0.5) is 0 Å². The van der Waals surface area contributed by atoms with Gasteiger partial charge in [-0.25, -0.2) is 0 Å². The number of likely N-dealkylation sites (N-methyl/N-ethyl adjacent to an activating group) is 1. The highest BCUT2D eigenvalue weighted by molar-refractivity contribution is 5.00. The Bertz CT molecular complexity index is 309. The van der Waals surface area contributed by atoms with Crippen LogP contribution in [0.25, 0.3) is 0 Å². The normalized spacial score (nSPS) is 39.2. The van der Waals surface area contributed by atoms with Gasteiger partial charge in [0, 0.05) is 44.3 Å². The zero-order valence-electron chi connectivity index (χ0n) is 12.5. The highest BCUT2D eigenvalue weighted by Crippen LogP contribution is 2.30. The third-order valence-corrected chi connectivity index (χ3v) is 5.63. The second kappa shape index (κ2) is 5.68. The minimum Gasteiger partial charge on any atom is -0.329 e. The van der Waals surface area contributed by atoms with Gasteiger partial charge >= 0.3 is 0 Å². The molecule has 3 saturated heterocycles. The topological polar surface area (TPSA) is 35.7 Å². The number of nitrogens with two attached hydrogens (primary N) is 1. The minimum atomic E-state index is 0.260. The van der Waals surface area contributed by atoms with E-state index in [9.17, 15) is 0 Å². The SMILES string of the molecule is CN1CCCC(CN)(N2CCN3CCCCC3C2)C1. The highest BCUT2D eigenvalue weighted by atomic mass is 15.3. The van der Waals surface area contributed by atoms with Gasteiger partial charge in [0.15, 0.2) is 0 Å². The van der Waals surface area contributed by atoms with Gasteiger partial charge in [0.2, 0.25) is 0 Å². The van der Waals surface area contributed by atoms with Gasteiger partial charge in [-0.2, -0.15) is 0 Å². The van der Waals surface area contributed by atoms with E-state index in [1.54, 1.807) is 0 Å². The molecule has 4 nitrogen and oxygen atoms in total. The Kier molecular flexibility index (Phi) is 4.13. The van der Waals surface area contributed by atoms with Crippen LogP contribution in [0.15, 0.2) is 0 Å². The second-order valence-corrected chi connectivity index (χ2v) is 6.90. The Morgan fingerprint density at radius 1 is 1.11 bits per heavy atom. The maximum absolute atomic E-state index is 6.22. The number of nitrogens with zero attached hydrogens (tertiary/aromatic N) is 3. The van der Waals surface area contributed by atoms with Crippen molar-refractivity contribution < 1.29 is 0 Å². The molecule has 3 heterocycles. The van der Waals surface area contributed by atoms with Crippen molar-refractivity contribution in [1.29, 1.82) is 0 Å². The number of fused-ring (bicyclic) bond motifs is 1. The molecule has 0 spiro atoms. The van der Waals surface area contributed by atoms with Gasteiger partial charge in [0.25, 0.3) is 0 Å². The lowest BCUT2D eigenvalue weighted by Crippen LogP contribution is -2.68. The lowest BCUT2D eigenvalue weighted by molar-refractivity contribution is -0.0383. The molecular formula is C15H30N4. The van der Waals surface area contributed by atoms with E-state index in [1.165, 1.54) is 64.8 Å². The van der Waals surface area contributed by atoms with Crippen LogP contribution in [0.2, 0.25) is 0 Å². The van der Waals surface area contributed by atoms with Gasteiger partial charge < -0.3 is 10.6 Å². The van der Waals surface area contributed by atoms with Gasteiger partial charge in [-0.1, -0.05) is 6.42 Å². The second-order valence-electron chi connectivity index (χ2n) is 6.90. The average Bonchev–Trinajstić information content (AvgIpc) is 2.46. The van der Waals surface area contributed by atoms with E-state index in [0.29, 0.717) is 0 Å². The van der Waals surface area contributed by atoms with E-state index in [-0.39, 0.29) is 5.54 Å². The van der Waals surface area contributed by atoms with Crippen molar-refractivity contribution in [3.63, 3.8) is 0 Å². The van der Waals surface area contributed by atoms with Gasteiger partial charge in [0.1, 0.15) is 0 Å². The quantitative estimate of drug-likeness (QED) is 0.793. The summed E-state index contributed by atoms with van der Waals surface area (Å²) in [7, 11) is 2.25. The molecule has 19 heavy (non-hydrogen) atoms. The standard InChI is InChI=1S/C15H30N4/c1-17-7-4-6-15(12-16,13-17)19-10-9-18-8-3-2-5-14(18)11-19/h14H,2-13,16H2,1H3. The fourth-order valence-electron chi connectivity index (χ4n) is 4.48. The number of piperazine rings is 1. The molecule has 3 aliphatic rings. The van der Waals surface area contributed by atoms with E-state index in [1.807, 2.05) is 0 Å². The highest BCUT2D eigenvalue weighted by Gasteiger charge is 2.42. The minimum absolute atomic E-state index is 0.260. The summed E-state index contributed by atoms with van der Waals surface area (Å²) in [5.41, 5.74) is 6.48. The first-order valence-electron chi connectivity index (χ1n) is 8.11. The zero-order chi connectivity index (χ0) is 13.3. The number of hydrogen-bond acceptors (Lipinski definition) is 4. The van der Waals surface area contributed by atoms with Crippen molar-refractivity contribution in [3.8, 4) is 0 Å². The number of likely N-dealkylation sites (tertiary alicyclic amines) is 1. The summed E-state index contributed by atoms with van der Waals surface area (Å²) in [6.45, 7) is 8.29. The van der Waals surface area contributed by atoms with Crippen molar-refractivity contribution in [2.45, 2.75) is 43.7 Å². The summed E-state index contributed by atoms with van der Waals surface area (Å²) >= 11 is 0. The predicted octanol–water partition coefficient (Wildman–Crippen LogP) is 0.580. The summed E-state index contributed by atoms with van der Waals surface area (Å²) in [5, 5.41) is 0. The molecular weight excluding hydrogens is 236 g/mol. The Morgan fingerprint density at radius 3 is 2.79 bits per heavy atom. The molecule has 0 saturated carbocycles. The van der Waals surface area contributed by atoms with Crippen LogP contribution < -0.4 is 5.73 Å². The summed E-state index contributed by atoms with van der Waals surface area (Å²) < 4.78 is 0. The van der Waals surface area contributed by atoms with Crippen molar-refractivity contribution in [3.05, 3.63) is 0 Å². The fraction of sp³-hybridized carbons (Fsp3) is 1.00. The van der Waals surface area contributed by atoms with E-state index in [2.05, 4.69) is 21.7 Å². The summed E-state index contributed by atoms with van der Waals surface area (Å²) in [6, 6.07) is 0.804. The zero-order valence-corrected chi connectivity index (χ0v) is 12.5. The van der Waals surface area contributed by atoms with Crippen molar-refractivity contribution >= 4 is 0 Å². The van der Waals surface area contributed by atoms with Crippen LogP contribution >= 0.6 is 0 Å². The molecule has 2 N–H and O–H groups in total. The molecule has 3 rings (SSSR count). The summed E-state index contributed by atoms with van der Waals surface area (Å²) in [4.78, 5) is 7.94. The monoisotopic (exact) mass is 266 g/mol. The Hall–Kier alpha value is -0.160. The molecule has 0 bridgehead atoms. The first kappa shape index (κ1) is 13.8. The molecule has 0 amide bonds. The molecule has 0 radical (unpaired) electrons. The summed E-state index contributed by atoms with van der Waals surface area (Å²) in [6.07, 6.45) is 6.82. The van der Waals surface area contributed by atoms with Crippen LogP contribution in [0.1, 0.15) is 32.1 Å². The van der Waals surface area contributed by atoms with E-state index in [4.69, 9.17) is 5.73 Å². The third kappa shape index (κ3) is 2.68. The molecule has 3 aliphatic heterocycles.